The molecule has 1 atom stereocenters. The molecule has 1 saturated heterocycles. The summed E-state index contributed by atoms with van der Waals surface area (Å²) in [6.07, 6.45) is 5.55. The zero-order valence-corrected chi connectivity index (χ0v) is 24.7. The molecular formula is C33H35NO5S. The van der Waals surface area contributed by atoms with Gasteiger partial charge in [0, 0.05) is 10.9 Å². The largest absolute Gasteiger partial charge is 0.489 e. The molecular weight excluding hydrogens is 522 g/mol. The van der Waals surface area contributed by atoms with E-state index in [9.17, 15) is 9.59 Å². The number of hydrogen-bond acceptors (Lipinski definition) is 6. The van der Waals surface area contributed by atoms with Crippen molar-refractivity contribution in [2.24, 2.45) is 0 Å². The number of allylic oxidation sites excluding steroid dienone is 1. The molecule has 3 aromatic carbocycles. The first-order chi connectivity index (χ1) is 19.1. The van der Waals surface area contributed by atoms with Gasteiger partial charge in [0.05, 0.1) is 4.91 Å². The van der Waals surface area contributed by atoms with Crippen molar-refractivity contribution in [2.45, 2.75) is 60.0 Å². The van der Waals surface area contributed by atoms with E-state index in [4.69, 9.17) is 14.2 Å². The number of nitrogens with one attached hydrogen (secondary N) is 1. The van der Waals surface area contributed by atoms with Gasteiger partial charge in [-0.2, -0.15) is 0 Å². The van der Waals surface area contributed by atoms with E-state index in [1.54, 1.807) is 6.08 Å². The van der Waals surface area contributed by atoms with Gasteiger partial charge in [-0.25, -0.2) is 0 Å². The van der Waals surface area contributed by atoms with Crippen LogP contribution in [0.4, 0.5) is 4.79 Å². The van der Waals surface area contributed by atoms with Crippen LogP contribution in [0.1, 0.15) is 55.0 Å². The van der Waals surface area contributed by atoms with Crippen LogP contribution in [0.5, 0.6) is 17.2 Å². The standard InChI is InChI=1S/C33H35NO5S/c1-19(2)14-16-37-29-20(3)21(4)30-24(22(29)5)13-15-33(6,39-30)18-38-27-12-11-23(25-9-7-8-10-26(25)27)17-28-31(35)34-32(36)40-28/h7-12,14,17H,13,15-16,18H2,1-6H3,(H,34,35,36). The van der Waals surface area contributed by atoms with E-state index in [-0.39, 0.29) is 11.1 Å². The molecule has 0 saturated carbocycles. The number of amides is 2. The zero-order chi connectivity index (χ0) is 28.6. The van der Waals surface area contributed by atoms with Crippen LogP contribution in [0, 0.1) is 20.8 Å². The summed E-state index contributed by atoms with van der Waals surface area (Å²) in [7, 11) is 0. The Hall–Kier alpha value is -3.71. The van der Waals surface area contributed by atoms with Gasteiger partial charge < -0.3 is 14.2 Å². The normalized spacial score (nSPS) is 19.3. The van der Waals surface area contributed by atoms with Crippen LogP contribution in [0.2, 0.25) is 0 Å². The van der Waals surface area contributed by atoms with Gasteiger partial charge in [-0.05, 0) is 112 Å². The van der Waals surface area contributed by atoms with Gasteiger partial charge >= 0.3 is 0 Å². The quantitative estimate of drug-likeness (QED) is 0.238. The number of thioether (sulfide) groups is 1. The fraction of sp³-hybridized carbons (Fsp3) is 0.333. The molecule has 0 aromatic heterocycles. The number of carbonyl (C=O) groups is 2. The van der Waals surface area contributed by atoms with Crippen molar-refractivity contribution >= 4 is 39.8 Å². The highest BCUT2D eigenvalue weighted by Gasteiger charge is 2.36. The van der Waals surface area contributed by atoms with Crippen molar-refractivity contribution in [3.05, 3.63) is 80.8 Å². The average molecular weight is 558 g/mol. The summed E-state index contributed by atoms with van der Waals surface area (Å²) in [5.41, 5.74) is 6.16. The molecule has 0 spiro atoms. The van der Waals surface area contributed by atoms with Gasteiger partial charge in [0.25, 0.3) is 11.1 Å². The van der Waals surface area contributed by atoms with Crippen molar-refractivity contribution < 1.29 is 23.8 Å². The van der Waals surface area contributed by atoms with E-state index in [2.05, 4.69) is 52.9 Å². The minimum atomic E-state index is -0.498. The molecule has 0 bridgehead atoms. The second-order valence-corrected chi connectivity index (χ2v) is 12.0. The van der Waals surface area contributed by atoms with Gasteiger partial charge in [-0.15, -0.1) is 0 Å². The number of ether oxygens (including phenoxy) is 3. The average Bonchev–Trinajstić information content (AvgIpc) is 3.24. The second-order valence-electron chi connectivity index (χ2n) is 11.0. The number of rotatable bonds is 7. The van der Waals surface area contributed by atoms with Crippen LogP contribution in [0.3, 0.4) is 0 Å². The third-order valence-electron chi connectivity index (χ3n) is 7.66. The SMILES string of the molecule is CC(C)=CCOc1c(C)c(C)c2c(c1C)CCC(C)(COc1ccc(C=C3SC(=O)NC3=O)c3ccccc13)O2. The van der Waals surface area contributed by atoms with Crippen molar-refractivity contribution in [1.29, 1.82) is 0 Å². The fourth-order valence-corrected chi connectivity index (χ4v) is 5.90. The number of benzene rings is 3. The topological polar surface area (TPSA) is 73.9 Å². The van der Waals surface area contributed by atoms with E-state index >= 15 is 0 Å². The predicted octanol–water partition coefficient (Wildman–Crippen LogP) is 7.60. The summed E-state index contributed by atoms with van der Waals surface area (Å²) < 4.78 is 19.3. The summed E-state index contributed by atoms with van der Waals surface area (Å²) >= 11 is 0.916. The van der Waals surface area contributed by atoms with Crippen LogP contribution in [-0.4, -0.2) is 30.0 Å². The molecule has 208 valence electrons. The van der Waals surface area contributed by atoms with Crippen molar-refractivity contribution in [1.82, 2.24) is 5.32 Å². The Balaban J connectivity index is 1.38. The highest BCUT2D eigenvalue weighted by Crippen LogP contribution is 2.44. The molecule has 0 radical (unpaired) electrons. The lowest BCUT2D eigenvalue weighted by Crippen LogP contribution is -2.42. The van der Waals surface area contributed by atoms with Crippen LogP contribution in [-0.2, 0) is 11.2 Å². The highest BCUT2D eigenvalue weighted by molar-refractivity contribution is 8.18. The van der Waals surface area contributed by atoms with Crippen LogP contribution in [0.15, 0.2) is 53.0 Å². The summed E-state index contributed by atoms with van der Waals surface area (Å²) in [5, 5.41) is 3.84. The van der Waals surface area contributed by atoms with Crippen molar-refractivity contribution in [3.63, 3.8) is 0 Å². The maximum Gasteiger partial charge on any atom is 0.290 e. The molecule has 2 amide bonds. The molecule has 6 nitrogen and oxygen atoms in total. The maximum absolute atomic E-state index is 12.1. The Bertz CT molecular complexity index is 1580. The van der Waals surface area contributed by atoms with Crippen LogP contribution < -0.4 is 19.5 Å². The monoisotopic (exact) mass is 557 g/mol. The van der Waals surface area contributed by atoms with E-state index in [0.29, 0.717) is 18.1 Å². The maximum atomic E-state index is 12.1. The molecule has 2 heterocycles. The van der Waals surface area contributed by atoms with Crippen molar-refractivity contribution in [2.75, 3.05) is 13.2 Å². The van der Waals surface area contributed by atoms with Gasteiger partial charge in [-0.1, -0.05) is 35.9 Å². The van der Waals surface area contributed by atoms with E-state index < -0.39 is 5.60 Å². The lowest BCUT2D eigenvalue weighted by atomic mass is 9.87. The third-order valence-corrected chi connectivity index (χ3v) is 8.47. The smallest absolute Gasteiger partial charge is 0.290 e. The highest BCUT2D eigenvalue weighted by atomic mass is 32.2. The van der Waals surface area contributed by atoms with Gasteiger partial charge in [-0.3, -0.25) is 14.9 Å². The molecule has 5 rings (SSSR count). The minimum Gasteiger partial charge on any atom is -0.489 e. The number of imide groups is 1. The summed E-state index contributed by atoms with van der Waals surface area (Å²) in [6.45, 7) is 13.5. The number of carbonyl (C=O) groups excluding carboxylic acids is 2. The molecule has 3 aromatic rings. The molecule has 1 N–H and O–H groups in total. The van der Waals surface area contributed by atoms with Crippen LogP contribution in [0.25, 0.3) is 16.8 Å². The van der Waals surface area contributed by atoms with E-state index in [0.717, 1.165) is 74.9 Å². The minimum absolute atomic E-state index is 0.351. The van der Waals surface area contributed by atoms with E-state index in [1.165, 1.54) is 11.1 Å². The van der Waals surface area contributed by atoms with Gasteiger partial charge in [0.2, 0.25) is 0 Å². The summed E-state index contributed by atoms with van der Waals surface area (Å²) in [5.74, 6) is 2.28. The fourth-order valence-electron chi connectivity index (χ4n) is 5.23. The second kappa shape index (κ2) is 11.0. The molecule has 1 unspecified atom stereocenters. The Morgan fingerprint density at radius 1 is 1.02 bits per heavy atom. The first kappa shape index (κ1) is 27.8. The Labute approximate surface area is 239 Å². The molecule has 40 heavy (non-hydrogen) atoms. The molecule has 7 heteroatoms. The lowest BCUT2D eigenvalue weighted by Gasteiger charge is -2.38. The first-order valence-electron chi connectivity index (χ1n) is 13.5. The summed E-state index contributed by atoms with van der Waals surface area (Å²) in [4.78, 5) is 24.1. The van der Waals surface area contributed by atoms with Gasteiger partial charge in [0.1, 0.15) is 36.1 Å². The summed E-state index contributed by atoms with van der Waals surface area (Å²) in [6, 6.07) is 11.8. The molecule has 1 fully saturated rings. The predicted molar refractivity (Wildman–Crippen MR) is 161 cm³/mol. The Kier molecular flexibility index (Phi) is 7.69. The first-order valence-corrected chi connectivity index (χ1v) is 14.3. The van der Waals surface area contributed by atoms with Gasteiger partial charge in [0.15, 0.2) is 0 Å². The lowest BCUT2D eigenvalue weighted by molar-refractivity contribution is -0.115. The third kappa shape index (κ3) is 5.48. The number of hydrogen-bond donors (Lipinski definition) is 1. The van der Waals surface area contributed by atoms with Crippen molar-refractivity contribution in [3.8, 4) is 17.2 Å². The van der Waals surface area contributed by atoms with E-state index in [1.807, 2.05) is 36.4 Å². The molecule has 2 aliphatic heterocycles. The van der Waals surface area contributed by atoms with Crippen LogP contribution >= 0.6 is 11.8 Å². The molecule has 0 aliphatic carbocycles. The number of fused-ring (bicyclic) bond motifs is 2. The zero-order valence-electron chi connectivity index (χ0n) is 23.9. The Morgan fingerprint density at radius 2 is 1.77 bits per heavy atom. The molecule has 2 aliphatic rings. The Morgan fingerprint density at radius 3 is 2.48 bits per heavy atom.